The number of nitriles is 1. The van der Waals surface area contributed by atoms with Crippen molar-refractivity contribution in [3.05, 3.63) is 35.5 Å². The molecule has 8 nitrogen and oxygen atoms in total. The number of aromatic nitrogens is 3. The number of methoxy groups -OCH3 is 1. The van der Waals surface area contributed by atoms with E-state index in [0.29, 0.717) is 22.3 Å². The van der Waals surface area contributed by atoms with E-state index in [0.717, 1.165) is 11.8 Å². The summed E-state index contributed by atoms with van der Waals surface area (Å²) in [4.78, 5) is 12.0. The molecule has 0 amide bonds. The van der Waals surface area contributed by atoms with Crippen LogP contribution in [0.3, 0.4) is 0 Å². The number of nitrogens with zero attached hydrogens (tertiary/aromatic N) is 4. The number of carbonyl (C=O) groups excluding carboxylic acids is 1. The maximum absolute atomic E-state index is 12.0. The Morgan fingerprint density at radius 3 is 2.75 bits per heavy atom. The molecular formula is C15H16N6O2S. The molecule has 0 saturated heterocycles. The van der Waals surface area contributed by atoms with Gasteiger partial charge in [0.05, 0.1) is 18.4 Å². The quantitative estimate of drug-likeness (QED) is 0.344. The summed E-state index contributed by atoms with van der Waals surface area (Å²) < 4.78 is 6.56. The zero-order valence-corrected chi connectivity index (χ0v) is 14.0. The SMILES string of the molecule is COc1ccccc1-c1nnc(SCC(=O)C(C#N)=C(C)N)n1N. The van der Waals surface area contributed by atoms with Crippen LogP contribution in [0.15, 0.2) is 40.7 Å². The number of hydrogen-bond donors (Lipinski definition) is 2. The topological polar surface area (TPSA) is 133 Å². The van der Waals surface area contributed by atoms with E-state index < -0.39 is 0 Å². The molecule has 0 saturated carbocycles. The predicted molar refractivity (Wildman–Crippen MR) is 90.4 cm³/mol. The summed E-state index contributed by atoms with van der Waals surface area (Å²) in [5.74, 6) is 6.64. The van der Waals surface area contributed by atoms with Crippen molar-refractivity contribution in [2.24, 2.45) is 5.73 Å². The summed E-state index contributed by atoms with van der Waals surface area (Å²) in [5, 5.41) is 17.3. The lowest BCUT2D eigenvalue weighted by molar-refractivity contribution is -0.112. The minimum atomic E-state index is -0.385. The third-order valence-electron chi connectivity index (χ3n) is 3.13. The zero-order chi connectivity index (χ0) is 17.7. The normalized spacial score (nSPS) is 11.5. The molecule has 0 atom stereocenters. The Hall–Kier alpha value is -2.99. The van der Waals surface area contributed by atoms with E-state index in [2.05, 4.69) is 10.2 Å². The zero-order valence-electron chi connectivity index (χ0n) is 13.2. The lowest BCUT2D eigenvalue weighted by Crippen LogP contribution is -2.14. The van der Waals surface area contributed by atoms with Gasteiger partial charge in [-0.05, 0) is 19.1 Å². The number of nitrogens with two attached hydrogens (primary N) is 2. The van der Waals surface area contributed by atoms with Crippen LogP contribution in [0.1, 0.15) is 6.92 Å². The van der Waals surface area contributed by atoms with Crippen LogP contribution in [0.2, 0.25) is 0 Å². The first-order valence-corrected chi connectivity index (χ1v) is 7.84. The first kappa shape index (κ1) is 17.4. The number of nitrogen functional groups attached to an aromatic ring is 1. The molecule has 124 valence electrons. The van der Waals surface area contributed by atoms with E-state index in [1.807, 2.05) is 12.1 Å². The highest BCUT2D eigenvalue weighted by atomic mass is 32.2. The van der Waals surface area contributed by atoms with Gasteiger partial charge < -0.3 is 16.3 Å². The third kappa shape index (κ3) is 3.49. The van der Waals surface area contributed by atoms with Crippen LogP contribution in [-0.2, 0) is 4.79 Å². The van der Waals surface area contributed by atoms with Crippen LogP contribution in [0.5, 0.6) is 5.75 Å². The average molecular weight is 344 g/mol. The second kappa shape index (κ2) is 7.52. The van der Waals surface area contributed by atoms with Crippen LogP contribution < -0.4 is 16.3 Å². The summed E-state index contributed by atoms with van der Waals surface area (Å²) in [6.07, 6.45) is 0. The summed E-state index contributed by atoms with van der Waals surface area (Å²) in [6.45, 7) is 1.51. The van der Waals surface area contributed by atoms with E-state index in [4.69, 9.17) is 21.6 Å². The maximum atomic E-state index is 12.0. The molecular weight excluding hydrogens is 328 g/mol. The number of allylic oxidation sites excluding steroid dienone is 2. The van der Waals surface area contributed by atoms with Crippen molar-refractivity contribution in [3.8, 4) is 23.2 Å². The van der Waals surface area contributed by atoms with Crippen LogP contribution >= 0.6 is 11.8 Å². The first-order valence-electron chi connectivity index (χ1n) is 6.86. The number of benzene rings is 1. The number of thioether (sulfide) groups is 1. The highest BCUT2D eigenvalue weighted by molar-refractivity contribution is 7.99. The molecule has 2 rings (SSSR count). The summed E-state index contributed by atoms with van der Waals surface area (Å²) in [7, 11) is 1.55. The Balaban J connectivity index is 2.21. The van der Waals surface area contributed by atoms with Gasteiger partial charge in [-0.1, -0.05) is 23.9 Å². The summed E-state index contributed by atoms with van der Waals surface area (Å²) in [5.41, 5.74) is 6.33. The number of hydrogen-bond acceptors (Lipinski definition) is 8. The van der Waals surface area contributed by atoms with Gasteiger partial charge >= 0.3 is 0 Å². The Bertz CT molecular complexity index is 833. The monoisotopic (exact) mass is 344 g/mol. The highest BCUT2D eigenvalue weighted by Crippen LogP contribution is 2.29. The second-order valence-electron chi connectivity index (χ2n) is 4.76. The number of Topliss-reactive ketones (excluding diaryl/α,β-unsaturated/α-hetero) is 1. The largest absolute Gasteiger partial charge is 0.496 e. The number of para-hydroxylation sites is 1. The maximum Gasteiger partial charge on any atom is 0.210 e. The van der Waals surface area contributed by atoms with E-state index in [9.17, 15) is 4.79 Å². The van der Waals surface area contributed by atoms with Crippen molar-refractivity contribution < 1.29 is 9.53 Å². The van der Waals surface area contributed by atoms with Gasteiger partial charge in [-0.2, -0.15) is 5.26 Å². The fourth-order valence-electron chi connectivity index (χ4n) is 1.96. The van der Waals surface area contributed by atoms with Gasteiger partial charge in [-0.25, -0.2) is 4.68 Å². The summed E-state index contributed by atoms with van der Waals surface area (Å²) >= 11 is 1.08. The fourth-order valence-corrected chi connectivity index (χ4v) is 2.69. The number of carbonyl (C=O) groups is 1. The van der Waals surface area contributed by atoms with E-state index in [1.54, 1.807) is 25.3 Å². The number of ether oxygens (including phenoxy) is 1. The van der Waals surface area contributed by atoms with Gasteiger partial charge in [-0.3, -0.25) is 4.79 Å². The van der Waals surface area contributed by atoms with Crippen molar-refractivity contribution in [1.29, 1.82) is 5.26 Å². The molecule has 0 aliphatic carbocycles. The van der Waals surface area contributed by atoms with Gasteiger partial charge in [0.15, 0.2) is 11.6 Å². The molecule has 1 aromatic carbocycles. The lowest BCUT2D eigenvalue weighted by Gasteiger charge is -2.07. The van der Waals surface area contributed by atoms with Gasteiger partial charge in [0.1, 0.15) is 17.4 Å². The molecule has 0 aliphatic heterocycles. The standard InChI is InChI=1S/C15H16N6O2S/c1-9(17)11(7-16)12(22)8-24-15-20-19-14(21(15)18)10-5-3-4-6-13(10)23-2/h3-6H,8,17-18H2,1-2H3. The van der Waals surface area contributed by atoms with Crippen molar-refractivity contribution in [3.63, 3.8) is 0 Å². The molecule has 24 heavy (non-hydrogen) atoms. The molecule has 0 aliphatic rings. The Morgan fingerprint density at radius 1 is 1.42 bits per heavy atom. The molecule has 0 bridgehead atoms. The number of rotatable bonds is 6. The first-order chi connectivity index (χ1) is 11.5. The molecule has 2 aromatic rings. The Labute approximate surface area is 143 Å². The lowest BCUT2D eigenvalue weighted by atomic mass is 10.2. The molecule has 9 heteroatoms. The highest BCUT2D eigenvalue weighted by Gasteiger charge is 2.18. The van der Waals surface area contributed by atoms with E-state index >= 15 is 0 Å². The fraction of sp³-hybridized carbons (Fsp3) is 0.200. The predicted octanol–water partition coefficient (Wildman–Crippen LogP) is 1.08. The van der Waals surface area contributed by atoms with Crippen molar-refractivity contribution in [2.75, 3.05) is 18.7 Å². The molecule has 1 heterocycles. The van der Waals surface area contributed by atoms with Gasteiger partial charge in [0.25, 0.3) is 0 Å². The Kier molecular flexibility index (Phi) is 5.44. The van der Waals surface area contributed by atoms with E-state index in [-0.39, 0.29) is 22.8 Å². The van der Waals surface area contributed by atoms with Crippen LogP contribution in [0, 0.1) is 11.3 Å². The van der Waals surface area contributed by atoms with Gasteiger partial charge in [-0.15, -0.1) is 10.2 Å². The Morgan fingerprint density at radius 2 is 2.12 bits per heavy atom. The molecule has 4 N–H and O–H groups in total. The van der Waals surface area contributed by atoms with Gasteiger partial charge in [0.2, 0.25) is 5.16 Å². The molecule has 0 spiro atoms. The van der Waals surface area contributed by atoms with Crippen molar-refractivity contribution in [2.45, 2.75) is 12.1 Å². The second-order valence-corrected chi connectivity index (χ2v) is 5.70. The summed E-state index contributed by atoms with van der Waals surface area (Å²) in [6, 6.07) is 9.05. The number of ketones is 1. The van der Waals surface area contributed by atoms with Gasteiger partial charge in [0, 0.05) is 5.70 Å². The minimum absolute atomic E-state index is 0.0152. The molecule has 0 radical (unpaired) electrons. The van der Waals surface area contributed by atoms with Crippen LogP contribution in [-0.4, -0.2) is 33.5 Å². The van der Waals surface area contributed by atoms with Crippen LogP contribution in [0.4, 0.5) is 0 Å². The van der Waals surface area contributed by atoms with Crippen molar-refractivity contribution in [1.82, 2.24) is 14.9 Å². The minimum Gasteiger partial charge on any atom is -0.496 e. The van der Waals surface area contributed by atoms with E-state index in [1.165, 1.54) is 11.6 Å². The molecule has 0 fully saturated rings. The van der Waals surface area contributed by atoms with Crippen molar-refractivity contribution >= 4 is 17.5 Å². The van der Waals surface area contributed by atoms with Crippen LogP contribution in [0.25, 0.3) is 11.4 Å². The average Bonchev–Trinajstić information content (AvgIpc) is 2.93. The molecule has 1 aromatic heterocycles. The molecule has 0 unspecified atom stereocenters. The third-order valence-corrected chi connectivity index (χ3v) is 4.07. The smallest absolute Gasteiger partial charge is 0.210 e.